The van der Waals surface area contributed by atoms with Crippen LogP contribution < -0.4 is 0 Å². The second-order valence-corrected chi connectivity index (χ2v) is 4.97. The standard InChI is InChI=1S/C13H23NO3/c1-2-16-13(15)17-12-7-9-14(10-8-12)11-5-3-4-6-11/h11-12H,2-10H2,1H3. The van der Waals surface area contributed by atoms with E-state index in [1.165, 1.54) is 25.7 Å². The summed E-state index contributed by atoms with van der Waals surface area (Å²) in [5.41, 5.74) is 0. The van der Waals surface area contributed by atoms with Crippen LogP contribution in [0.15, 0.2) is 0 Å². The summed E-state index contributed by atoms with van der Waals surface area (Å²) >= 11 is 0. The summed E-state index contributed by atoms with van der Waals surface area (Å²) in [7, 11) is 0. The molecule has 0 N–H and O–H groups in total. The van der Waals surface area contributed by atoms with Gasteiger partial charge in [0, 0.05) is 19.1 Å². The van der Waals surface area contributed by atoms with Crippen LogP contribution in [-0.2, 0) is 9.47 Å². The topological polar surface area (TPSA) is 38.8 Å². The summed E-state index contributed by atoms with van der Waals surface area (Å²) < 4.78 is 10.1. The average molecular weight is 241 g/mol. The molecule has 2 aliphatic rings. The van der Waals surface area contributed by atoms with Crippen molar-refractivity contribution in [2.24, 2.45) is 0 Å². The lowest BCUT2D eigenvalue weighted by molar-refractivity contribution is -0.00365. The van der Waals surface area contributed by atoms with Gasteiger partial charge in [0.05, 0.1) is 6.61 Å². The molecule has 0 spiro atoms. The van der Waals surface area contributed by atoms with Crippen molar-refractivity contribution in [3.63, 3.8) is 0 Å². The third-order valence-electron chi connectivity index (χ3n) is 3.84. The van der Waals surface area contributed by atoms with Crippen LogP contribution in [0.1, 0.15) is 45.4 Å². The van der Waals surface area contributed by atoms with Crippen molar-refractivity contribution in [2.45, 2.75) is 57.6 Å². The van der Waals surface area contributed by atoms with Gasteiger partial charge in [0.15, 0.2) is 0 Å². The van der Waals surface area contributed by atoms with E-state index in [0.29, 0.717) is 6.61 Å². The summed E-state index contributed by atoms with van der Waals surface area (Å²) in [6.45, 7) is 4.31. The Balaban J connectivity index is 1.68. The number of likely N-dealkylation sites (tertiary alicyclic amines) is 1. The fourth-order valence-corrected chi connectivity index (χ4v) is 2.92. The molecule has 0 aromatic rings. The molecule has 0 unspecified atom stereocenters. The Kier molecular flexibility index (Phi) is 4.66. The lowest BCUT2D eigenvalue weighted by atomic mass is 10.0. The van der Waals surface area contributed by atoms with Crippen LogP contribution in [-0.4, -0.2) is 42.9 Å². The first kappa shape index (κ1) is 12.7. The summed E-state index contributed by atoms with van der Waals surface area (Å²) in [5, 5.41) is 0. The molecule has 0 atom stereocenters. The normalized spacial score (nSPS) is 23.8. The van der Waals surface area contributed by atoms with E-state index in [2.05, 4.69) is 4.90 Å². The van der Waals surface area contributed by atoms with Crippen molar-refractivity contribution >= 4 is 6.16 Å². The Bertz CT molecular complexity index is 243. The van der Waals surface area contributed by atoms with Gasteiger partial charge >= 0.3 is 6.16 Å². The number of piperidine rings is 1. The predicted octanol–water partition coefficient (Wildman–Crippen LogP) is 2.57. The van der Waals surface area contributed by atoms with E-state index < -0.39 is 6.16 Å². The largest absolute Gasteiger partial charge is 0.508 e. The SMILES string of the molecule is CCOC(=O)OC1CCN(C2CCCC2)CC1. The maximum Gasteiger partial charge on any atom is 0.508 e. The summed E-state index contributed by atoms with van der Waals surface area (Å²) in [6.07, 6.45) is 6.92. The van der Waals surface area contributed by atoms with Gasteiger partial charge in [0.2, 0.25) is 0 Å². The minimum absolute atomic E-state index is 0.0618. The van der Waals surface area contributed by atoms with Crippen LogP contribution in [0.4, 0.5) is 4.79 Å². The second-order valence-electron chi connectivity index (χ2n) is 4.97. The first-order valence-corrected chi connectivity index (χ1v) is 6.87. The van der Waals surface area contributed by atoms with Crippen molar-refractivity contribution in [3.8, 4) is 0 Å². The third-order valence-corrected chi connectivity index (χ3v) is 3.84. The Morgan fingerprint density at radius 3 is 2.41 bits per heavy atom. The van der Waals surface area contributed by atoms with Gasteiger partial charge in [-0.1, -0.05) is 12.8 Å². The number of carbonyl (C=O) groups is 1. The number of carbonyl (C=O) groups excluding carboxylic acids is 1. The molecule has 17 heavy (non-hydrogen) atoms. The van der Waals surface area contributed by atoms with Gasteiger partial charge in [-0.05, 0) is 32.6 Å². The molecule has 1 saturated heterocycles. The lowest BCUT2D eigenvalue weighted by Crippen LogP contribution is -2.42. The molecule has 2 rings (SSSR count). The van der Waals surface area contributed by atoms with E-state index in [1.807, 2.05) is 0 Å². The molecule has 1 heterocycles. The van der Waals surface area contributed by atoms with Gasteiger partial charge in [-0.3, -0.25) is 0 Å². The number of hydrogen-bond donors (Lipinski definition) is 0. The van der Waals surface area contributed by atoms with Gasteiger partial charge in [-0.2, -0.15) is 0 Å². The average Bonchev–Trinajstić information content (AvgIpc) is 2.84. The number of hydrogen-bond acceptors (Lipinski definition) is 4. The highest BCUT2D eigenvalue weighted by Gasteiger charge is 2.28. The van der Waals surface area contributed by atoms with Gasteiger partial charge in [-0.25, -0.2) is 4.79 Å². The summed E-state index contributed by atoms with van der Waals surface area (Å²) in [5.74, 6) is 0. The van der Waals surface area contributed by atoms with Crippen molar-refractivity contribution in [3.05, 3.63) is 0 Å². The van der Waals surface area contributed by atoms with Crippen molar-refractivity contribution in [2.75, 3.05) is 19.7 Å². The zero-order chi connectivity index (χ0) is 12.1. The van der Waals surface area contributed by atoms with Crippen LogP contribution >= 0.6 is 0 Å². The predicted molar refractivity (Wildman–Crippen MR) is 65.0 cm³/mol. The fraction of sp³-hybridized carbons (Fsp3) is 0.923. The summed E-state index contributed by atoms with van der Waals surface area (Å²) in [4.78, 5) is 13.8. The Labute approximate surface area is 103 Å². The number of nitrogens with zero attached hydrogens (tertiary/aromatic N) is 1. The first-order chi connectivity index (χ1) is 8.29. The smallest absolute Gasteiger partial charge is 0.435 e. The molecule has 0 bridgehead atoms. The summed E-state index contributed by atoms with van der Waals surface area (Å²) in [6, 6.07) is 0.790. The van der Waals surface area contributed by atoms with E-state index in [9.17, 15) is 4.79 Å². The maximum absolute atomic E-state index is 11.2. The third kappa shape index (κ3) is 3.60. The molecule has 4 heteroatoms. The van der Waals surface area contributed by atoms with Crippen LogP contribution in [0, 0.1) is 0 Å². The zero-order valence-corrected chi connectivity index (χ0v) is 10.7. The van der Waals surface area contributed by atoms with Crippen molar-refractivity contribution < 1.29 is 14.3 Å². The molecular weight excluding hydrogens is 218 g/mol. The molecule has 0 amide bonds. The molecule has 2 fully saturated rings. The molecule has 0 aromatic carbocycles. The van der Waals surface area contributed by atoms with Crippen LogP contribution in [0.25, 0.3) is 0 Å². The molecule has 4 nitrogen and oxygen atoms in total. The molecule has 1 aliphatic heterocycles. The molecular formula is C13H23NO3. The van der Waals surface area contributed by atoms with Crippen LogP contribution in [0.3, 0.4) is 0 Å². The second kappa shape index (κ2) is 6.24. The van der Waals surface area contributed by atoms with E-state index in [0.717, 1.165) is 32.0 Å². The highest BCUT2D eigenvalue weighted by Crippen LogP contribution is 2.26. The number of ether oxygens (including phenoxy) is 2. The van der Waals surface area contributed by atoms with Crippen molar-refractivity contribution in [1.82, 2.24) is 4.90 Å². The zero-order valence-electron chi connectivity index (χ0n) is 10.7. The van der Waals surface area contributed by atoms with Gasteiger partial charge in [0.25, 0.3) is 0 Å². The minimum Gasteiger partial charge on any atom is -0.435 e. The Morgan fingerprint density at radius 1 is 1.18 bits per heavy atom. The monoisotopic (exact) mass is 241 g/mol. The van der Waals surface area contributed by atoms with Gasteiger partial charge < -0.3 is 14.4 Å². The molecule has 98 valence electrons. The fourth-order valence-electron chi connectivity index (χ4n) is 2.92. The minimum atomic E-state index is -0.508. The number of rotatable bonds is 3. The van der Waals surface area contributed by atoms with Gasteiger partial charge in [0.1, 0.15) is 6.10 Å². The Hall–Kier alpha value is -0.770. The van der Waals surface area contributed by atoms with E-state index in [4.69, 9.17) is 9.47 Å². The first-order valence-electron chi connectivity index (χ1n) is 6.87. The van der Waals surface area contributed by atoms with Crippen LogP contribution in [0.2, 0.25) is 0 Å². The highest BCUT2D eigenvalue weighted by atomic mass is 16.7. The molecule has 1 saturated carbocycles. The molecule has 0 radical (unpaired) electrons. The van der Waals surface area contributed by atoms with E-state index in [-0.39, 0.29) is 6.10 Å². The van der Waals surface area contributed by atoms with Gasteiger partial charge in [-0.15, -0.1) is 0 Å². The van der Waals surface area contributed by atoms with Crippen molar-refractivity contribution in [1.29, 1.82) is 0 Å². The maximum atomic E-state index is 11.2. The van der Waals surface area contributed by atoms with E-state index in [1.54, 1.807) is 6.92 Å². The van der Waals surface area contributed by atoms with Crippen LogP contribution in [0.5, 0.6) is 0 Å². The quantitative estimate of drug-likeness (QED) is 0.712. The molecule has 0 aromatic heterocycles. The Morgan fingerprint density at radius 2 is 1.82 bits per heavy atom. The molecule has 1 aliphatic carbocycles. The lowest BCUT2D eigenvalue weighted by Gasteiger charge is -2.35. The van der Waals surface area contributed by atoms with E-state index >= 15 is 0 Å². The highest BCUT2D eigenvalue weighted by molar-refractivity contribution is 5.60.